The topological polar surface area (TPSA) is 39.9 Å². The van der Waals surface area contributed by atoms with Crippen molar-refractivity contribution in [2.75, 3.05) is 0 Å². The van der Waals surface area contributed by atoms with Crippen LogP contribution in [0.25, 0.3) is 65.0 Å². The second-order valence-electron chi connectivity index (χ2n) is 20.4. The summed E-state index contributed by atoms with van der Waals surface area (Å²) in [4.78, 5) is 10.1. The third-order valence-electron chi connectivity index (χ3n) is 12.9. The maximum Gasteiger partial charge on any atom is 0.0774 e. The van der Waals surface area contributed by atoms with Crippen LogP contribution in [0.1, 0.15) is 68.5 Å². The van der Waals surface area contributed by atoms with Gasteiger partial charge in [0.1, 0.15) is 0 Å². The van der Waals surface area contributed by atoms with Crippen molar-refractivity contribution in [3.63, 3.8) is 0 Å². The van der Waals surface area contributed by atoms with Gasteiger partial charge < -0.3 is 4.57 Å². The Morgan fingerprint density at radius 1 is 0.836 bits per heavy atom. The molecule has 6 aromatic carbocycles. The van der Waals surface area contributed by atoms with Gasteiger partial charge in [0.05, 0.1) is 16.9 Å². The molecule has 339 valence electrons. The van der Waals surface area contributed by atoms with E-state index < -0.39 is 13.3 Å². The van der Waals surface area contributed by atoms with Gasteiger partial charge in [0, 0.05) is 36.1 Å². The zero-order valence-corrected chi connectivity index (χ0v) is 45.2. The molecule has 0 N–H and O–H groups in total. The van der Waals surface area contributed by atoms with Crippen molar-refractivity contribution < 1.29 is 24.8 Å². The zero-order chi connectivity index (χ0) is 45.9. The Morgan fingerprint density at radius 2 is 1.60 bits per heavy atom. The predicted octanol–water partition coefficient (Wildman–Crippen LogP) is 15.3. The van der Waals surface area contributed by atoms with Crippen LogP contribution in [0.15, 0.2) is 152 Å². The molecule has 1 radical (unpaired) electrons. The van der Waals surface area contributed by atoms with E-state index in [0.29, 0.717) is 5.92 Å². The third kappa shape index (κ3) is 9.07. The molecule has 0 bridgehead atoms. The largest absolute Gasteiger partial charge is 0.333 e. The first-order valence-electron chi connectivity index (χ1n) is 23.3. The Morgan fingerprint density at radius 3 is 2.37 bits per heavy atom. The van der Waals surface area contributed by atoms with Crippen LogP contribution < -0.4 is 9.13 Å². The normalized spacial score (nSPS) is 15.5. The van der Waals surface area contributed by atoms with Gasteiger partial charge in [-0.2, -0.15) is 11.3 Å². The number of para-hydroxylation sites is 3. The summed E-state index contributed by atoms with van der Waals surface area (Å²) in [5.41, 5.74) is 14.1. The molecule has 4 nitrogen and oxygen atoms in total. The van der Waals surface area contributed by atoms with Crippen LogP contribution >= 0.6 is 11.3 Å². The van der Waals surface area contributed by atoms with Crippen LogP contribution in [0.3, 0.4) is 0 Å². The fourth-order valence-electron chi connectivity index (χ4n) is 9.65. The van der Waals surface area contributed by atoms with Gasteiger partial charge in [-0.05, 0) is 69.4 Å². The SMILES string of the molecule is CC(C)Cc1cc(C2=[C-]C=CC3c4ccccc4OC23)nc[c]1[Ge]([CH3])([CH3])[CH3].Cc1ccc2c(c1)sc1c(-c3nc4ccccc4n3-c3ccc(C(C)(C)C)cc3-c3ccccc3)[c-]ccc12.[Ir]. The van der Waals surface area contributed by atoms with E-state index in [1.165, 1.54) is 57.9 Å². The van der Waals surface area contributed by atoms with Crippen molar-refractivity contribution in [2.45, 2.75) is 82.7 Å². The molecule has 7 heteroatoms. The van der Waals surface area contributed by atoms with Crippen molar-refractivity contribution in [3.8, 4) is 34.0 Å². The van der Waals surface area contributed by atoms with Crippen LogP contribution in [0.2, 0.25) is 17.3 Å². The third-order valence-corrected chi connectivity index (χ3v) is 18.5. The number of ether oxygens (including phenoxy) is 1. The Kier molecular flexibility index (Phi) is 13.0. The average Bonchev–Trinajstić information content (AvgIpc) is 3.99. The molecule has 0 saturated heterocycles. The van der Waals surface area contributed by atoms with Crippen molar-refractivity contribution in [1.82, 2.24) is 14.5 Å². The van der Waals surface area contributed by atoms with E-state index in [1.54, 1.807) is 0 Å². The molecule has 4 heterocycles. The summed E-state index contributed by atoms with van der Waals surface area (Å²) in [5, 5.41) is 2.55. The molecule has 2 atom stereocenters. The number of hydrogen-bond donors (Lipinski definition) is 0. The summed E-state index contributed by atoms with van der Waals surface area (Å²) in [6.07, 6.45) is 10.9. The molecule has 3 aromatic heterocycles. The Labute approximate surface area is 416 Å². The van der Waals surface area contributed by atoms with Crippen molar-refractivity contribution in [2.24, 2.45) is 5.92 Å². The van der Waals surface area contributed by atoms with Gasteiger partial charge in [0.25, 0.3) is 0 Å². The molecular weight excluding hydrogens is 1080 g/mol. The minimum atomic E-state index is -1.96. The van der Waals surface area contributed by atoms with Gasteiger partial charge in [-0.25, -0.2) is 0 Å². The fourth-order valence-corrected chi connectivity index (χ4v) is 14.3. The Bertz CT molecular complexity index is 3350. The van der Waals surface area contributed by atoms with Crippen LogP contribution in [-0.2, 0) is 31.9 Å². The number of rotatable bonds is 7. The summed E-state index contributed by atoms with van der Waals surface area (Å²) >= 11 is -0.132. The van der Waals surface area contributed by atoms with E-state index >= 15 is 0 Å². The van der Waals surface area contributed by atoms with Gasteiger partial charge in [-0.1, -0.05) is 92.4 Å². The maximum atomic E-state index is 6.32. The second-order valence-corrected chi connectivity index (χ2v) is 32.0. The number of aromatic nitrogens is 3. The number of imidazole rings is 1. The number of benzene rings is 6. The molecule has 0 spiro atoms. The summed E-state index contributed by atoms with van der Waals surface area (Å²) in [6.45, 7) is 13.6. The summed E-state index contributed by atoms with van der Waals surface area (Å²) in [6, 6.07) is 51.3. The van der Waals surface area contributed by atoms with E-state index in [1.807, 2.05) is 29.5 Å². The zero-order valence-electron chi connectivity index (χ0n) is 39.9. The number of hydrogen-bond acceptors (Lipinski definition) is 4. The average molecular weight is 1130 g/mol. The molecule has 0 saturated carbocycles. The van der Waals surface area contributed by atoms with Crippen LogP contribution in [-0.4, -0.2) is 33.9 Å². The predicted molar refractivity (Wildman–Crippen MR) is 282 cm³/mol. The van der Waals surface area contributed by atoms with Crippen molar-refractivity contribution >= 4 is 65.8 Å². The quantitative estimate of drug-likeness (QED) is 0.118. The minimum Gasteiger partial charge on any atom is -0.333 e. The monoisotopic (exact) mass is 1130 g/mol. The van der Waals surface area contributed by atoms with Crippen LogP contribution in [0.4, 0.5) is 0 Å². The number of thiophene rings is 1. The first kappa shape index (κ1) is 46.7. The first-order chi connectivity index (χ1) is 31.7. The molecule has 67 heavy (non-hydrogen) atoms. The van der Waals surface area contributed by atoms with E-state index in [4.69, 9.17) is 14.7 Å². The van der Waals surface area contributed by atoms with Crippen LogP contribution in [0.5, 0.6) is 5.75 Å². The number of allylic oxidation sites excluding steroid dienone is 2. The summed E-state index contributed by atoms with van der Waals surface area (Å²) in [5.74, 6) is 10.1. The molecular formula is C60H57GeIrN3OS-2. The Balaban J connectivity index is 0.000000177. The maximum absolute atomic E-state index is 6.32. The molecule has 0 fully saturated rings. The van der Waals surface area contributed by atoms with Crippen molar-refractivity contribution in [3.05, 3.63) is 192 Å². The van der Waals surface area contributed by atoms with Gasteiger partial charge in [0.2, 0.25) is 0 Å². The minimum absolute atomic E-state index is 0. The molecule has 2 aliphatic rings. The van der Waals surface area contributed by atoms with Gasteiger partial charge in [-0.15, -0.1) is 18.2 Å². The molecule has 1 aliphatic heterocycles. The molecule has 0 amide bonds. The second kappa shape index (κ2) is 18.6. The number of fused-ring (bicyclic) bond motifs is 7. The number of nitrogens with zero attached hydrogens (tertiary/aromatic N) is 3. The van der Waals surface area contributed by atoms with E-state index in [-0.39, 0.29) is 37.5 Å². The number of aryl methyl sites for hydroxylation is 1. The molecule has 9 aromatic rings. The standard InChI is InChI=1S/C36H29N2S.C24H28GeNO.Ir/c1-23-17-19-26-27-13-10-14-28(34(27)39-33(26)21-23)35-37-30-15-8-9-16-32(30)38(35)31-20-18-25(36(2,3)4)22-29(31)24-11-6-5-7-12-24;1-16(2)13-17-14-22(26-15-21(17)25(3,4)5)20-11-8-10-19-18-9-6-7-12-23(18)27-24(19)20;/h5-13,15-22H,1-4H3;6-10,12,14-16,19,24H,13H2,1-5H3;/q2*-1;. The van der Waals surface area contributed by atoms with Crippen molar-refractivity contribution in [1.29, 1.82) is 0 Å². The number of pyridine rings is 1. The van der Waals surface area contributed by atoms with Crippen LogP contribution in [0, 0.1) is 25.0 Å². The molecule has 11 rings (SSSR count). The molecule has 1 aliphatic carbocycles. The van der Waals surface area contributed by atoms with E-state index in [0.717, 1.165) is 51.5 Å². The van der Waals surface area contributed by atoms with E-state index in [2.05, 4.69) is 209 Å². The van der Waals surface area contributed by atoms with Gasteiger partial charge in [-0.3, -0.25) is 4.98 Å². The Hall–Kier alpha value is -5.37. The molecule has 2 unspecified atom stereocenters. The van der Waals surface area contributed by atoms with Gasteiger partial charge >= 0.3 is 166 Å². The summed E-state index contributed by atoms with van der Waals surface area (Å²) in [7, 11) is 0. The summed E-state index contributed by atoms with van der Waals surface area (Å²) < 4.78 is 12.7. The first-order valence-corrected chi connectivity index (χ1v) is 31.5. The van der Waals surface area contributed by atoms with E-state index in [9.17, 15) is 0 Å². The fraction of sp³-hybridized carbons (Fsp3) is 0.233. The smallest absolute Gasteiger partial charge is 0.0774 e. The van der Waals surface area contributed by atoms with Gasteiger partial charge in [0.15, 0.2) is 0 Å².